The van der Waals surface area contributed by atoms with Crippen molar-refractivity contribution < 1.29 is 8.42 Å². The molecule has 1 fully saturated rings. The number of fused-ring (bicyclic) bond motifs is 1. The van der Waals surface area contributed by atoms with Gasteiger partial charge < -0.3 is 5.32 Å². The highest BCUT2D eigenvalue weighted by Crippen LogP contribution is 2.38. The van der Waals surface area contributed by atoms with Gasteiger partial charge in [0.15, 0.2) is 0 Å². The molecule has 1 saturated heterocycles. The Morgan fingerprint density at radius 3 is 2.88 bits per heavy atom. The number of nitrogens with one attached hydrogen (secondary N) is 1. The molecule has 0 saturated carbocycles. The van der Waals surface area contributed by atoms with Crippen LogP contribution in [0.3, 0.4) is 0 Å². The monoisotopic (exact) mass is 408 g/mol. The van der Waals surface area contributed by atoms with Gasteiger partial charge in [-0.1, -0.05) is 11.6 Å². The first-order valence-electron chi connectivity index (χ1n) is 7.77. The molecule has 8 heteroatoms. The van der Waals surface area contributed by atoms with Crippen molar-refractivity contribution in [2.24, 2.45) is 5.92 Å². The van der Waals surface area contributed by atoms with Gasteiger partial charge in [0.1, 0.15) is 4.90 Å². The van der Waals surface area contributed by atoms with E-state index in [0.29, 0.717) is 28.9 Å². The number of hydrogen-bond acceptors (Lipinski definition) is 4. The SMILES string of the molecule is CNCC1CCCN(S(=O)(=O)c2c(C)sc3ccc(Cl)cc23)C1.Cl. The summed E-state index contributed by atoms with van der Waals surface area (Å²) in [6, 6.07) is 5.47. The Bertz CT molecular complexity index is 819. The molecule has 134 valence electrons. The standard InChI is InChI=1S/C16H21ClN2O2S2.ClH/c1-11-16(14-8-13(17)5-6-15(14)22-11)23(20,21)19-7-3-4-12(10-19)9-18-2;/h5-6,8,12,18H,3-4,7,9-10H2,1-2H3;1H. The second-order valence-electron chi connectivity index (χ2n) is 6.06. The van der Waals surface area contributed by atoms with Crippen LogP contribution in [0.5, 0.6) is 0 Å². The number of hydrogen-bond donors (Lipinski definition) is 1. The molecule has 2 heterocycles. The first-order valence-corrected chi connectivity index (χ1v) is 10.4. The Kier molecular flexibility index (Phi) is 6.56. The van der Waals surface area contributed by atoms with Crippen molar-refractivity contribution in [2.45, 2.75) is 24.7 Å². The number of piperidine rings is 1. The van der Waals surface area contributed by atoms with Crippen LogP contribution in [0, 0.1) is 12.8 Å². The molecule has 1 N–H and O–H groups in total. The number of nitrogens with zero attached hydrogens (tertiary/aromatic N) is 1. The van der Waals surface area contributed by atoms with E-state index in [1.54, 1.807) is 16.4 Å². The number of aryl methyl sites for hydroxylation is 1. The average molecular weight is 409 g/mol. The third-order valence-electron chi connectivity index (χ3n) is 4.34. The summed E-state index contributed by atoms with van der Waals surface area (Å²) in [5.41, 5.74) is 0. The highest BCUT2D eigenvalue weighted by Gasteiger charge is 2.33. The van der Waals surface area contributed by atoms with E-state index >= 15 is 0 Å². The molecule has 2 aromatic rings. The van der Waals surface area contributed by atoms with Gasteiger partial charge >= 0.3 is 0 Å². The Balaban J connectivity index is 0.00000208. The topological polar surface area (TPSA) is 49.4 Å². The lowest BCUT2D eigenvalue weighted by atomic mass is 10.00. The van der Waals surface area contributed by atoms with E-state index in [0.717, 1.165) is 34.3 Å². The predicted molar refractivity (Wildman–Crippen MR) is 104 cm³/mol. The maximum Gasteiger partial charge on any atom is 0.244 e. The average Bonchev–Trinajstić information content (AvgIpc) is 2.83. The highest BCUT2D eigenvalue weighted by molar-refractivity contribution is 7.89. The number of sulfonamides is 1. The molecule has 0 aliphatic carbocycles. The second-order valence-corrected chi connectivity index (χ2v) is 9.62. The number of thiophene rings is 1. The van der Waals surface area contributed by atoms with Crippen LogP contribution in [0.15, 0.2) is 23.1 Å². The zero-order valence-electron chi connectivity index (χ0n) is 13.7. The minimum atomic E-state index is -3.49. The molecule has 1 aromatic carbocycles. The van der Waals surface area contributed by atoms with Crippen molar-refractivity contribution in [1.82, 2.24) is 9.62 Å². The highest BCUT2D eigenvalue weighted by atomic mass is 35.5. The first-order chi connectivity index (χ1) is 10.9. The normalized spacial score (nSPS) is 19.4. The van der Waals surface area contributed by atoms with E-state index < -0.39 is 10.0 Å². The molecule has 0 spiro atoms. The van der Waals surface area contributed by atoms with Gasteiger partial charge in [-0.25, -0.2) is 8.42 Å². The van der Waals surface area contributed by atoms with Crippen LogP contribution in [0.1, 0.15) is 17.7 Å². The molecule has 0 radical (unpaired) electrons. The van der Waals surface area contributed by atoms with Gasteiger partial charge in [0.05, 0.1) is 0 Å². The Morgan fingerprint density at radius 2 is 2.17 bits per heavy atom. The number of rotatable bonds is 4. The van der Waals surface area contributed by atoms with Crippen LogP contribution in [-0.2, 0) is 10.0 Å². The zero-order valence-corrected chi connectivity index (χ0v) is 16.9. The summed E-state index contributed by atoms with van der Waals surface area (Å²) >= 11 is 7.60. The first kappa shape index (κ1) is 19.9. The van der Waals surface area contributed by atoms with E-state index in [2.05, 4.69) is 5.32 Å². The summed E-state index contributed by atoms with van der Waals surface area (Å²) in [6.07, 6.45) is 1.98. The van der Waals surface area contributed by atoms with E-state index in [-0.39, 0.29) is 12.4 Å². The Labute approximate surface area is 158 Å². The molecule has 1 atom stereocenters. The third kappa shape index (κ3) is 3.74. The maximum atomic E-state index is 13.2. The van der Waals surface area contributed by atoms with Crippen molar-refractivity contribution >= 4 is 55.5 Å². The predicted octanol–water partition coefficient (Wildman–Crippen LogP) is 3.91. The molecule has 3 rings (SSSR count). The fraction of sp³-hybridized carbons (Fsp3) is 0.500. The second kappa shape index (κ2) is 7.89. The Hall–Kier alpha value is -0.370. The molecule has 1 aliphatic rings. The lowest BCUT2D eigenvalue weighted by molar-refractivity contribution is 0.263. The van der Waals surface area contributed by atoms with Crippen molar-refractivity contribution in [3.8, 4) is 0 Å². The smallest absolute Gasteiger partial charge is 0.244 e. The number of benzene rings is 1. The minimum absolute atomic E-state index is 0. The summed E-state index contributed by atoms with van der Waals surface area (Å²) in [7, 11) is -1.58. The van der Waals surface area contributed by atoms with Gasteiger partial charge in [0, 0.05) is 33.1 Å². The van der Waals surface area contributed by atoms with Crippen molar-refractivity contribution in [1.29, 1.82) is 0 Å². The summed E-state index contributed by atoms with van der Waals surface area (Å²) in [5.74, 6) is 0.373. The van der Waals surface area contributed by atoms with Gasteiger partial charge in [-0.05, 0) is 57.5 Å². The van der Waals surface area contributed by atoms with Crippen LogP contribution in [-0.4, -0.2) is 39.4 Å². The van der Waals surface area contributed by atoms with E-state index in [9.17, 15) is 8.42 Å². The van der Waals surface area contributed by atoms with Crippen molar-refractivity contribution in [3.05, 3.63) is 28.1 Å². The van der Waals surface area contributed by atoms with Gasteiger partial charge in [0.2, 0.25) is 10.0 Å². The Morgan fingerprint density at radius 1 is 1.42 bits per heavy atom. The van der Waals surface area contributed by atoms with Crippen LogP contribution < -0.4 is 5.32 Å². The largest absolute Gasteiger partial charge is 0.319 e. The van der Waals surface area contributed by atoms with E-state index in [1.165, 1.54) is 11.3 Å². The lowest BCUT2D eigenvalue weighted by Gasteiger charge is -2.32. The summed E-state index contributed by atoms with van der Waals surface area (Å²) < 4.78 is 29.0. The van der Waals surface area contributed by atoms with Crippen LogP contribution in [0.2, 0.25) is 5.02 Å². The lowest BCUT2D eigenvalue weighted by Crippen LogP contribution is -2.42. The van der Waals surface area contributed by atoms with E-state index in [1.807, 2.05) is 20.0 Å². The van der Waals surface area contributed by atoms with Gasteiger partial charge in [-0.3, -0.25) is 0 Å². The fourth-order valence-electron chi connectivity index (χ4n) is 3.32. The molecule has 1 aliphatic heterocycles. The summed E-state index contributed by atoms with van der Waals surface area (Å²) in [5, 5.41) is 4.47. The van der Waals surface area contributed by atoms with Gasteiger partial charge in [-0.15, -0.1) is 23.7 Å². The molecular weight excluding hydrogens is 387 g/mol. The summed E-state index contributed by atoms with van der Waals surface area (Å²) in [6.45, 7) is 3.90. The molecule has 24 heavy (non-hydrogen) atoms. The van der Waals surface area contributed by atoms with Crippen LogP contribution >= 0.6 is 35.3 Å². The summed E-state index contributed by atoms with van der Waals surface area (Å²) in [4.78, 5) is 1.27. The van der Waals surface area contributed by atoms with Crippen molar-refractivity contribution in [3.63, 3.8) is 0 Å². The maximum absolute atomic E-state index is 13.2. The molecular formula is C16H22Cl2N2O2S2. The van der Waals surface area contributed by atoms with Crippen LogP contribution in [0.4, 0.5) is 0 Å². The zero-order chi connectivity index (χ0) is 16.6. The fourth-order valence-corrected chi connectivity index (χ4v) is 6.78. The number of halogens is 2. The quantitative estimate of drug-likeness (QED) is 0.833. The molecule has 1 aromatic heterocycles. The molecule has 0 bridgehead atoms. The molecule has 4 nitrogen and oxygen atoms in total. The minimum Gasteiger partial charge on any atom is -0.319 e. The van der Waals surface area contributed by atoms with E-state index in [4.69, 9.17) is 11.6 Å². The van der Waals surface area contributed by atoms with Gasteiger partial charge in [-0.2, -0.15) is 4.31 Å². The van der Waals surface area contributed by atoms with Crippen LogP contribution in [0.25, 0.3) is 10.1 Å². The molecule has 0 amide bonds. The third-order valence-corrected chi connectivity index (χ3v) is 7.85. The van der Waals surface area contributed by atoms with Gasteiger partial charge in [0.25, 0.3) is 0 Å². The van der Waals surface area contributed by atoms with Crippen molar-refractivity contribution in [2.75, 3.05) is 26.7 Å². The molecule has 1 unspecified atom stereocenters.